The van der Waals surface area contributed by atoms with Crippen LogP contribution < -0.4 is 10.1 Å². The molecule has 1 aliphatic carbocycles. The van der Waals surface area contributed by atoms with E-state index < -0.39 is 0 Å². The molecule has 0 radical (unpaired) electrons. The average Bonchev–Trinajstić information content (AvgIpc) is 3.29. The minimum absolute atomic E-state index is 0.584. The summed E-state index contributed by atoms with van der Waals surface area (Å²) in [6.45, 7) is 1.86. The molecule has 4 nitrogen and oxygen atoms in total. The molecule has 1 heterocycles. The minimum Gasteiger partial charge on any atom is -0.497 e. The monoisotopic (exact) mass is 331 g/mol. The van der Waals surface area contributed by atoms with Gasteiger partial charge in [0.05, 0.1) is 18.7 Å². The topological polar surface area (TPSA) is 60.8 Å². The smallest absolute Gasteiger partial charge is 0.119 e. The zero-order chi connectivity index (χ0) is 17.2. The summed E-state index contributed by atoms with van der Waals surface area (Å²) in [6.07, 6.45) is 3.31. The van der Waals surface area contributed by atoms with Crippen LogP contribution in [0.4, 0.5) is 0 Å². The third-order valence-electron chi connectivity index (χ3n) is 5.03. The van der Waals surface area contributed by atoms with Gasteiger partial charge >= 0.3 is 0 Å². The van der Waals surface area contributed by atoms with Crippen molar-refractivity contribution >= 4 is 10.9 Å². The maximum absolute atomic E-state index is 9.11. The molecule has 4 heteroatoms. The van der Waals surface area contributed by atoms with Gasteiger partial charge < -0.3 is 15.0 Å². The first-order valence-electron chi connectivity index (χ1n) is 8.63. The highest BCUT2D eigenvalue weighted by molar-refractivity contribution is 5.85. The number of aromatic amines is 1. The van der Waals surface area contributed by atoms with Crippen molar-refractivity contribution in [3.8, 4) is 11.8 Å². The number of nitrogens with zero attached hydrogens (tertiary/aromatic N) is 1. The zero-order valence-electron chi connectivity index (χ0n) is 14.3. The van der Waals surface area contributed by atoms with Crippen LogP contribution in [-0.2, 0) is 6.54 Å². The fourth-order valence-electron chi connectivity index (χ4n) is 3.56. The highest BCUT2D eigenvalue weighted by Gasteiger charge is 2.39. The van der Waals surface area contributed by atoms with Gasteiger partial charge in [-0.25, -0.2) is 0 Å². The quantitative estimate of drug-likeness (QED) is 0.719. The van der Waals surface area contributed by atoms with Gasteiger partial charge in [-0.2, -0.15) is 5.26 Å². The highest BCUT2D eigenvalue weighted by atomic mass is 16.5. The van der Waals surface area contributed by atoms with Crippen LogP contribution in [0.1, 0.15) is 29.0 Å². The molecule has 4 rings (SSSR count). The molecule has 2 aromatic carbocycles. The predicted octanol–water partition coefficient (Wildman–Crippen LogP) is 3.94. The molecule has 0 bridgehead atoms. The number of nitrogens with one attached hydrogen (secondary N) is 2. The van der Waals surface area contributed by atoms with Gasteiger partial charge in [0.1, 0.15) is 5.75 Å². The van der Waals surface area contributed by atoms with E-state index in [9.17, 15) is 0 Å². The van der Waals surface area contributed by atoms with Gasteiger partial charge in [-0.1, -0.05) is 12.1 Å². The summed E-state index contributed by atoms with van der Waals surface area (Å²) in [4.78, 5) is 3.33. The number of aromatic nitrogens is 1. The van der Waals surface area contributed by atoms with E-state index >= 15 is 0 Å². The number of hydrogen-bond donors (Lipinski definition) is 2. The highest BCUT2D eigenvalue weighted by Crippen LogP contribution is 2.49. The second kappa shape index (κ2) is 6.62. The van der Waals surface area contributed by atoms with Gasteiger partial charge in [0.2, 0.25) is 0 Å². The molecule has 2 atom stereocenters. The maximum atomic E-state index is 9.11. The number of fused-ring (bicyclic) bond motifs is 1. The molecule has 2 N–H and O–H groups in total. The molecule has 0 saturated heterocycles. The first-order chi connectivity index (χ1) is 12.3. The number of rotatable bonds is 6. The number of benzene rings is 2. The van der Waals surface area contributed by atoms with Crippen molar-refractivity contribution in [2.24, 2.45) is 5.92 Å². The number of ether oxygens (including phenoxy) is 1. The molecule has 1 aliphatic rings. The van der Waals surface area contributed by atoms with Crippen LogP contribution in [0.5, 0.6) is 5.75 Å². The molecule has 1 aromatic heterocycles. The first-order valence-corrected chi connectivity index (χ1v) is 8.63. The van der Waals surface area contributed by atoms with E-state index in [2.05, 4.69) is 34.7 Å². The van der Waals surface area contributed by atoms with Crippen LogP contribution in [0, 0.1) is 17.2 Å². The molecule has 1 saturated carbocycles. The van der Waals surface area contributed by atoms with Gasteiger partial charge in [-0.3, -0.25) is 0 Å². The number of H-pyrrole nitrogens is 1. The van der Waals surface area contributed by atoms with Crippen LogP contribution in [0.25, 0.3) is 10.9 Å². The Morgan fingerprint density at radius 3 is 3.04 bits per heavy atom. The summed E-state index contributed by atoms with van der Waals surface area (Å²) >= 11 is 0. The van der Waals surface area contributed by atoms with Crippen molar-refractivity contribution in [1.82, 2.24) is 10.3 Å². The van der Waals surface area contributed by atoms with Gasteiger partial charge in [0.15, 0.2) is 0 Å². The van der Waals surface area contributed by atoms with Crippen molar-refractivity contribution in [1.29, 1.82) is 5.26 Å². The van der Waals surface area contributed by atoms with Crippen molar-refractivity contribution in [2.45, 2.75) is 18.9 Å². The van der Waals surface area contributed by atoms with Crippen LogP contribution >= 0.6 is 0 Å². The van der Waals surface area contributed by atoms with Gasteiger partial charge in [0, 0.05) is 23.6 Å². The van der Waals surface area contributed by atoms with E-state index in [1.165, 1.54) is 22.9 Å². The Kier molecular flexibility index (Phi) is 4.17. The van der Waals surface area contributed by atoms with E-state index in [-0.39, 0.29) is 0 Å². The zero-order valence-corrected chi connectivity index (χ0v) is 14.3. The Bertz CT molecular complexity index is 938. The standard InChI is InChI=1S/C21H21N3O/c1-25-17-4-2-3-15(7-17)11-23-12-16-9-18(16)20-13-24-21-6-5-14(10-22)8-19(20)21/h2-8,13,16,18,23-24H,9,11-12H2,1H3. The Labute approximate surface area is 147 Å². The molecule has 0 aliphatic heterocycles. The van der Waals surface area contributed by atoms with Gasteiger partial charge in [0.25, 0.3) is 0 Å². The molecule has 25 heavy (non-hydrogen) atoms. The summed E-state index contributed by atoms with van der Waals surface area (Å²) in [6, 6.07) is 16.3. The van der Waals surface area contributed by atoms with Crippen molar-refractivity contribution in [3.63, 3.8) is 0 Å². The number of hydrogen-bond acceptors (Lipinski definition) is 3. The lowest BCUT2D eigenvalue weighted by Gasteiger charge is -2.06. The summed E-state index contributed by atoms with van der Waals surface area (Å²) < 4.78 is 5.27. The van der Waals surface area contributed by atoms with Crippen LogP contribution in [0.15, 0.2) is 48.7 Å². The van der Waals surface area contributed by atoms with Crippen LogP contribution in [0.3, 0.4) is 0 Å². The molecular formula is C21H21N3O. The average molecular weight is 331 g/mol. The number of methoxy groups -OCH3 is 1. The van der Waals surface area contributed by atoms with Crippen LogP contribution in [0.2, 0.25) is 0 Å². The normalized spacial score (nSPS) is 18.9. The summed E-state index contributed by atoms with van der Waals surface area (Å²) in [5.41, 5.74) is 4.42. The molecule has 126 valence electrons. The summed E-state index contributed by atoms with van der Waals surface area (Å²) in [7, 11) is 1.69. The van der Waals surface area contributed by atoms with E-state index in [4.69, 9.17) is 10.00 Å². The van der Waals surface area contributed by atoms with E-state index in [1.807, 2.05) is 30.3 Å². The van der Waals surface area contributed by atoms with Crippen molar-refractivity contribution < 1.29 is 4.74 Å². The van der Waals surface area contributed by atoms with Crippen LogP contribution in [-0.4, -0.2) is 18.6 Å². The van der Waals surface area contributed by atoms with Gasteiger partial charge in [-0.15, -0.1) is 0 Å². The van der Waals surface area contributed by atoms with Crippen molar-refractivity contribution in [2.75, 3.05) is 13.7 Å². The third-order valence-corrected chi connectivity index (χ3v) is 5.03. The van der Waals surface area contributed by atoms with Gasteiger partial charge in [-0.05, 0) is 66.3 Å². The molecule has 3 aromatic rings. The summed E-state index contributed by atoms with van der Waals surface area (Å²) in [5, 5.41) is 13.9. The second-order valence-corrected chi connectivity index (χ2v) is 6.70. The molecule has 1 fully saturated rings. The minimum atomic E-state index is 0.584. The molecular weight excluding hydrogens is 310 g/mol. The van der Waals surface area contributed by atoms with E-state index in [0.29, 0.717) is 11.8 Å². The number of nitriles is 1. The van der Waals surface area contributed by atoms with E-state index in [1.54, 1.807) is 7.11 Å². The summed E-state index contributed by atoms with van der Waals surface area (Å²) in [5.74, 6) is 2.14. The van der Waals surface area contributed by atoms with Crippen molar-refractivity contribution in [3.05, 3.63) is 65.4 Å². The Balaban J connectivity index is 1.37. The lowest BCUT2D eigenvalue weighted by Crippen LogP contribution is -2.16. The lowest BCUT2D eigenvalue weighted by molar-refractivity contribution is 0.414. The fraction of sp³-hybridized carbons (Fsp3) is 0.286. The lowest BCUT2D eigenvalue weighted by atomic mass is 10.1. The van der Waals surface area contributed by atoms with E-state index in [0.717, 1.165) is 29.9 Å². The predicted molar refractivity (Wildman–Crippen MR) is 98.6 cm³/mol. The Morgan fingerprint density at radius 2 is 2.20 bits per heavy atom. The SMILES string of the molecule is COc1cccc(CNCC2CC2c2c[nH]c3ccc(C#N)cc23)c1. The molecule has 0 spiro atoms. The Morgan fingerprint density at radius 1 is 1.28 bits per heavy atom. The fourth-order valence-corrected chi connectivity index (χ4v) is 3.56. The third kappa shape index (κ3) is 3.24. The molecule has 0 amide bonds. The maximum Gasteiger partial charge on any atom is 0.119 e. The largest absolute Gasteiger partial charge is 0.497 e. The molecule has 2 unspecified atom stereocenters. The first kappa shape index (κ1) is 15.7. The second-order valence-electron chi connectivity index (χ2n) is 6.70. The Hall–Kier alpha value is -2.77.